The number of hydrogen-bond donors (Lipinski definition) is 1. The van der Waals surface area contributed by atoms with Crippen LogP contribution >= 0.6 is 0 Å². The maximum atomic E-state index is 13.5. The van der Waals surface area contributed by atoms with E-state index in [9.17, 15) is 14.3 Å². The molecule has 5 rings (SSSR count). The molecule has 1 aliphatic carbocycles. The maximum absolute atomic E-state index is 13.5. The van der Waals surface area contributed by atoms with E-state index in [-0.39, 0.29) is 11.6 Å². The Kier molecular flexibility index (Phi) is 6.13. The second kappa shape index (κ2) is 9.20. The minimum Gasteiger partial charge on any atom is -0.390 e. The molecule has 2 aliphatic rings. The van der Waals surface area contributed by atoms with Gasteiger partial charge in [-0.25, -0.2) is 4.39 Å². The molecule has 1 saturated heterocycles. The predicted molar refractivity (Wildman–Crippen MR) is 129 cm³/mol. The number of fused-ring (bicyclic) bond motifs is 1. The van der Waals surface area contributed by atoms with E-state index in [0.29, 0.717) is 23.9 Å². The normalized spacial score (nSPS) is 24.7. The van der Waals surface area contributed by atoms with Gasteiger partial charge < -0.3 is 5.11 Å². The van der Waals surface area contributed by atoms with Crippen LogP contribution < -0.4 is 0 Å². The number of rotatable bonds is 7. The highest BCUT2D eigenvalue weighted by Crippen LogP contribution is 2.45. The van der Waals surface area contributed by atoms with Crippen LogP contribution in [0.15, 0.2) is 78.9 Å². The number of carbonyl (C=O) groups excluding carboxylic acids is 1. The van der Waals surface area contributed by atoms with Crippen LogP contribution in [0.5, 0.6) is 0 Å². The molecule has 1 heterocycles. The number of likely N-dealkylation sites (tertiary alicyclic amines) is 1. The van der Waals surface area contributed by atoms with Crippen molar-refractivity contribution in [1.29, 1.82) is 0 Å². The highest BCUT2D eigenvalue weighted by Gasteiger charge is 2.47. The summed E-state index contributed by atoms with van der Waals surface area (Å²) in [6.45, 7) is 2.17. The molecular formula is C29H30FNO2. The van der Waals surface area contributed by atoms with Crippen LogP contribution in [0.25, 0.3) is 11.1 Å². The molecule has 0 spiro atoms. The van der Waals surface area contributed by atoms with Gasteiger partial charge in [-0.05, 0) is 66.3 Å². The first kappa shape index (κ1) is 22.0. The highest BCUT2D eigenvalue weighted by molar-refractivity contribution is 5.98. The molecule has 1 saturated carbocycles. The molecule has 0 amide bonds. The monoisotopic (exact) mass is 443 g/mol. The topological polar surface area (TPSA) is 40.5 Å². The van der Waals surface area contributed by atoms with Gasteiger partial charge in [0.15, 0.2) is 5.78 Å². The van der Waals surface area contributed by atoms with E-state index in [1.165, 1.54) is 17.7 Å². The molecule has 170 valence electrons. The summed E-state index contributed by atoms with van der Waals surface area (Å²) in [5.74, 6) is 0.780. The zero-order valence-corrected chi connectivity index (χ0v) is 18.8. The van der Waals surface area contributed by atoms with Crippen LogP contribution in [0.2, 0.25) is 0 Å². The third-order valence-corrected chi connectivity index (χ3v) is 7.39. The Morgan fingerprint density at radius 1 is 0.909 bits per heavy atom. The number of carbonyl (C=O) groups is 1. The quantitative estimate of drug-likeness (QED) is 0.499. The summed E-state index contributed by atoms with van der Waals surface area (Å²) in [6, 6.07) is 24.3. The van der Waals surface area contributed by atoms with Crippen molar-refractivity contribution in [1.82, 2.24) is 4.90 Å². The van der Waals surface area contributed by atoms with E-state index in [2.05, 4.69) is 17.0 Å². The van der Waals surface area contributed by atoms with E-state index >= 15 is 0 Å². The van der Waals surface area contributed by atoms with Crippen molar-refractivity contribution in [3.8, 4) is 11.1 Å². The predicted octanol–water partition coefficient (Wildman–Crippen LogP) is 5.38. The number of nitrogens with zero attached hydrogens (tertiary/aromatic N) is 1. The largest absolute Gasteiger partial charge is 0.390 e. The van der Waals surface area contributed by atoms with E-state index < -0.39 is 5.60 Å². The number of benzene rings is 3. The molecule has 2 fully saturated rings. The molecule has 3 aromatic rings. The molecule has 0 bridgehead atoms. The fourth-order valence-electron chi connectivity index (χ4n) is 5.72. The minimum absolute atomic E-state index is 0.111. The number of aryl methyl sites for hydroxylation is 1. The van der Waals surface area contributed by atoms with Gasteiger partial charge in [0.2, 0.25) is 0 Å². The van der Waals surface area contributed by atoms with Crippen LogP contribution in [-0.4, -0.2) is 41.0 Å². The van der Waals surface area contributed by atoms with Crippen molar-refractivity contribution in [3.05, 3.63) is 95.8 Å². The molecule has 0 aromatic heterocycles. The molecule has 4 heteroatoms. The third-order valence-electron chi connectivity index (χ3n) is 7.39. The van der Waals surface area contributed by atoms with Gasteiger partial charge >= 0.3 is 0 Å². The standard InChI is InChI=1S/C29H30FNO2/c30-27-8-4-7-24(15-27)22-9-11-23(12-10-22)28(32)20-31-18-25-16-29(33,17-26(25)19-31)14-13-21-5-2-1-3-6-21/h1-12,15,25-26,33H,13-14,16-20H2/t25-,26+,29?. The van der Waals surface area contributed by atoms with Crippen molar-refractivity contribution >= 4 is 5.78 Å². The maximum Gasteiger partial charge on any atom is 0.176 e. The van der Waals surface area contributed by atoms with E-state index in [1.54, 1.807) is 6.07 Å². The highest BCUT2D eigenvalue weighted by atomic mass is 19.1. The second-order valence-electron chi connectivity index (χ2n) is 9.84. The number of Topliss-reactive ketones (excluding diaryl/α,β-unsaturated/α-hetero) is 1. The van der Waals surface area contributed by atoms with Crippen LogP contribution in [-0.2, 0) is 6.42 Å². The lowest BCUT2D eigenvalue weighted by atomic mass is 9.91. The average molecular weight is 444 g/mol. The first-order chi connectivity index (χ1) is 16.0. The summed E-state index contributed by atoms with van der Waals surface area (Å²) >= 11 is 0. The Bertz CT molecular complexity index is 1100. The summed E-state index contributed by atoms with van der Waals surface area (Å²) in [5, 5.41) is 11.1. The van der Waals surface area contributed by atoms with Crippen LogP contribution in [0.4, 0.5) is 4.39 Å². The lowest BCUT2D eigenvalue weighted by Gasteiger charge is -2.26. The number of ketones is 1. The Hall–Kier alpha value is -2.82. The summed E-state index contributed by atoms with van der Waals surface area (Å²) in [7, 11) is 0. The lowest BCUT2D eigenvalue weighted by Crippen LogP contribution is -2.33. The van der Waals surface area contributed by atoms with Crippen molar-refractivity contribution < 1.29 is 14.3 Å². The second-order valence-corrected chi connectivity index (χ2v) is 9.84. The van der Waals surface area contributed by atoms with Gasteiger partial charge in [0.05, 0.1) is 12.1 Å². The first-order valence-corrected chi connectivity index (χ1v) is 11.9. The van der Waals surface area contributed by atoms with Crippen molar-refractivity contribution in [2.24, 2.45) is 11.8 Å². The molecule has 1 aliphatic heterocycles. The SMILES string of the molecule is O=C(CN1C[C@@H]2CC(O)(CCc3ccccc3)C[C@@H]2C1)c1ccc(-c2cccc(F)c2)cc1. The van der Waals surface area contributed by atoms with Crippen LogP contribution in [0.3, 0.4) is 0 Å². The fourth-order valence-corrected chi connectivity index (χ4v) is 5.72. The lowest BCUT2D eigenvalue weighted by molar-refractivity contribution is 0.0271. The molecule has 1 N–H and O–H groups in total. The molecule has 3 atom stereocenters. The van der Waals surface area contributed by atoms with Gasteiger partial charge in [-0.3, -0.25) is 9.69 Å². The van der Waals surface area contributed by atoms with E-state index in [1.807, 2.05) is 48.5 Å². The number of aliphatic hydroxyl groups is 1. The molecule has 0 radical (unpaired) electrons. The molecule has 33 heavy (non-hydrogen) atoms. The van der Waals surface area contributed by atoms with Crippen LogP contribution in [0, 0.1) is 17.7 Å². The number of halogens is 1. The summed E-state index contributed by atoms with van der Waals surface area (Å²) in [5.41, 5.74) is 3.09. The fraction of sp³-hybridized carbons (Fsp3) is 0.345. The van der Waals surface area contributed by atoms with Gasteiger partial charge in [-0.15, -0.1) is 0 Å². The van der Waals surface area contributed by atoms with Crippen molar-refractivity contribution in [2.75, 3.05) is 19.6 Å². The van der Waals surface area contributed by atoms with Crippen molar-refractivity contribution in [3.63, 3.8) is 0 Å². The van der Waals surface area contributed by atoms with Gasteiger partial charge in [0, 0.05) is 18.7 Å². The van der Waals surface area contributed by atoms with Gasteiger partial charge in [-0.2, -0.15) is 0 Å². The zero-order chi connectivity index (χ0) is 22.8. The van der Waals surface area contributed by atoms with Gasteiger partial charge in [-0.1, -0.05) is 66.7 Å². The zero-order valence-electron chi connectivity index (χ0n) is 18.8. The smallest absolute Gasteiger partial charge is 0.176 e. The first-order valence-electron chi connectivity index (χ1n) is 11.9. The van der Waals surface area contributed by atoms with E-state index in [4.69, 9.17) is 0 Å². The molecular weight excluding hydrogens is 413 g/mol. The van der Waals surface area contributed by atoms with Gasteiger partial charge in [0.1, 0.15) is 5.82 Å². The average Bonchev–Trinajstić information content (AvgIpc) is 3.33. The Morgan fingerprint density at radius 2 is 1.61 bits per heavy atom. The molecule has 1 unspecified atom stereocenters. The molecule has 3 nitrogen and oxygen atoms in total. The summed E-state index contributed by atoms with van der Waals surface area (Å²) in [6.07, 6.45) is 3.38. The number of hydrogen-bond acceptors (Lipinski definition) is 3. The molecule has 3 aromatic carbocycles. The van der Waals surface area contributed by atoms with E-state index in [0.717, 1.165) is 49.9 Å². The van der Waals surface area contributed by atoms with Crippen LogP contribution in [0.1, 0.15) is 35.2 Å². The summed E-state index contributed by atoms with van der Waals surface area (Å²) in [4.78, 5) is 15.1. The third kappa shape index (κ3) is 5.07. The van der Waals surface area contributed by atoms with Gasteiger partial charge in [0.25, 0.3) is 0 Å². The Morgan fingerprint density at radius 3 is 2.27 bits per heavy atom. The Labute approximate surface area is 194 Å². The summed E-state index contributed by atoms with van der Waals surface area (Å²) < 4.78 is 13.5. The van der Waals surface area contributed by atoms with Crippen molar-refractivity contribution in [2.45, 2.75) is 31.3 Å². The minimum atomic E-state index is -0.575. The Balaban J connectivity index is 1.14.